The predicted octanol–water partition coefficient (Wildman–Crippen LogP) is 2.76. The largest absolute Gasteiger partial charge is 0.286 e. The van der Waals surface area contributed by atoms with Gasteiger partial charge in [0.25, 0.3) is 20.2 Å². The summed E-state index contributed by atoms with van der Waals surface area (Å²) in [5, 5.41) is 0. The zero-order chi connectivity index (χ0) is 18.6. The van der Waals surface area contributed by atoms with Crippen LogP contribution in [0.25, 0.3) is 0 Å². The summed E-state index contributed by atoms with van der Waals surface area (Å²) < 4.78 is 61.1. The van der Waals surface area contributed by atoms with E-state index in [0.29, 0.717) is 38.5 Å². The van der Waals surface area contributed by atoms with Crippen molar-refractivity contribution in [2.45, 2.75) is 43.9 Å². The summed E-state index contributed by atoms with van der Waals surface area (Å²) in [5.41, 5.74) is 1.55. The molecule has 25 heavy (non-hydrogen) atoms. The molecule has 0 spiro atoms. The molecule has 0 aromatic heterocycles. The molecule has 0 aliphatic carbocycles. The molecule has 1 aromatic rings. The van der Waals surface area contributed by atoms with Crippen LogP contribution >= 0.6 is 0 Å². The average Bonchev–Trinajstić information content (AvgIpc) is 2.86. The molecule has 9 heteroatoms. The molecule has 1 aromatic carbocycles. The molecule has 2 rings (SSSR count). The van der Waals surface area contributed by atoms with Gasteiger partial charge in [-0.05, 0) is 37.3 Å². The number of nitrogens with zero attached hydrogens (tertiary/aromatic N) is 1. The molecule has 0 unspecified atom stereocenters. The molecule has 1 heterocycles. The van der Waals surface area contributed by atoms with Crippen molar-refractivity contribution < 1.29 is 25.9 Å². The molecule has 1 aliphatic rings. The van der Waals surface area contributed by atoms with Crippen molar-refractivity contribution in [3.63, 3.8) is 0 Å². The van der Waals surface area contributed by atoms with Gasteiger partial charge in [-0.2, -0.15) is 16.8 Å². The van der Waals surface area contributed by atoms with E-state index in [-0.39, 0.29) is 16.9 Å². The molecule has 7 nitrogen and oxygen atoms in total. The Balaban J connectivity index is 2.04. The van der Waals surface area contributed by atoms with Crippen LogP contribution in [0.2, 0.25) is 0 Å². The Morgan fingerprint density at radius 1 is 0.840 bits per heavy atom. The first-order valence-electron chi connectivity index (χ1n) is 8.16. The SMILES string of the molecule is O=S(=O)(O)CCCCC1(CCCCS(=O)(=O)O)C=Nc2ccccc21. The van der Waals surface area contributed by atoms with Crippen molar-refractivity contribution in [1.82, 2.24) is 0 Å². The second-order valence-electron chi connectivity index (χ2n) is 6.42. The molecular formula is C16H23NO6S2. The Bertz CT molecular complexity index is 790. The van der Waals surface area contributed by atoms with Crippen molar-refractivity contribution in [2.75, 3.05) is 11.5 Å². The number of unbranched alkanes of at least 4 members (excludes halogenated alkanes) is 2. The number of aliphatic imine (C=N–C) groups is 1. The van der Waals surface area contributed by atoms with Crippen molar-refractivity contribution in [3.05, 3.63) is 29.8 Å². The normalized spacial score (nSPS) is 16.1. The first kappa shape index (κ1) is 20.0. The van der Waals surface area contributed by atoms with Gasteiger partial charge in [0.05, 0.1) is 17.2 Å². The second kappa shape index (κ2) is 7.94. The number of rotatable bonds is 10. The van der Waals surface area contributed by atoms with Gasteiger partial charge < -0.3 is 0 Å². The molecule has 0 fully saturated rings. The minimum absolute atomic E-state index is 0.273. The van der Waals surface area contributed by atoms with Gasteiger partial charge in [-0.1, -0.05) is 31.0 Å². The lowest BCUT2D eigenvalue weighted by molar-refractivity contribution is 0.448. The maximum atomic E-state index is 10.9. The van der Waals surface area contributed by atoms with E-state index in [1.807, 2.05) is 30.5 Å². The first-order chi connectivity index (χ1) is 11.6. The van der Waals surface area contributed by atoms with Gasteiger partial charge in [0.1, 0.15) is 0 Å². The number of hydrogen-bond acceptors (Lipinski definition) is 5. The Morgan fingerprint density at radius 3 is 1.88 bits per heavy atom. The zero-order valence-corrected chi connectivity index (χ0v) is 15.5. The molecule has 0 saturated heterocycles. The van der Waals surface area contributed by atoms with Gasteiger partial charge in [-0.3, -0.25) is 14.1 Å². The number of fused-ring (bicyclic) bond motifs is 1. The lowest BCUT2D eigenvalue weighted by Gasteiger charge is -2.28. The lowest BCUT2D eigenvalue weighted by Crippen LogP contribution is -2.26. The van der Waals surface area contributed by atoms with Gasteiger partial charge >= 0.3 is 0 Å². The summed E-state index contributed by atoms with van der Waals surface area (Å²) in [5.74, 6) is -0.546. The van der Waals surface area contributed by atoms with E-state index in [1.165, 1.54) is 0 Å². The van der Waals surface area contributed by atoms with Crippen LogP contribution in [0.3, 0.4) is 0 Å². The van der Waals surface area contributed by atoms with E-state index in [2.05, 4.69) is 4.99 Å². The van der Waals surface area contributed by atoms with E-state index in [4.69, 9.17) is 9.11 Å². The van der Waals surface area contributed by atoms with Gasteiger partial charge in [0.15, 0.2) is 0 Å². The van der Waals surface area contributed by atoms with Crippen LogP contribution in [0.4, 0.5) is 5.69 Å². The maximum Gasteiger partial charge on any atom is 0.264 e. The zero-order valence-electron chi connectivity index (χ0n) is 13.8. The fourth-order valence-corrected chi connectivity index (χ4v) is 4.38. The van der Waals surface area contributed by atoms with Gasteiger partial charge in [0.2, 0.25) is 0 Å². The van der Waals surface area contributed by atoms with Gasteiger partial charge in [-0.15, -0.1) is 0 Å². The fraction of sp³-hybridized carbons (Fsp3) is 0.562. The standard InChI is InChI=1S/C16H23NO6S2/c18-24(19,20)11-5-3-9-16(10-4-6-12-25(21,22)23)13-17-15-8-2-1-7-14(15)16/h1-2,7-8,13H,3-6,9-12H2,(H,18,19,20)(H,21,22,23). The lowest BCUT2D eigenvalue weighted by atomic mass is 9.74. The van der Waals surface area contributed by atoms with Crippen LogP contribution < -0.4 is 0 Å². The van der Waals surface area contributed by atoms with Crippen LogP contribution in [0, 0.1) is 0 Å². The highest BCUT2D eigenvalue weighted by atomic mass is 32.2. The topological polar surface area (TPSA) is 121 Å². The highest BCUT2D eigenvalue weighted by Crippen LogP contribution is 2.43. The van der Waals surface area contributed by atoms with Crippen LogP contribution in [0.1, 0.15) is 44.1 Å². The number of hydrogen-bond donors (Lipinski definition) is 2. The van der Waals surface area contributed by atoms with E-state index in [0.717, 1.165) is 11.3 Å². The predicted molar refractivity (Wildman–Crippen MR) is 96.8 cm³/mol. The first-order valence-corrected chi connectivity index (χ1v) is 11.4. The molecule has 0 amide bonds. The Labute approximate surface area is 148 Å². The summed E-state index contributed by atoms with van der Waals surface area (Å²) in [6, 6.07) is 7.69. The van der Waals surface area contributed by atoms with Crippen molar-refractivity contribution in [3.8, 4) is 0 Å². The number of benzene rings is 1. The van der Waals surface area contributed by atoms with Crippen LogP contribution in [-0.4, -0.2) is 43.7 Å². The Kier molecular flexibility index (Phi) is 6.36. The molecule has 0 saturated carbocycles. The smallest absolute Gasteiger partial charge is 0.264 e. The summed E-state index contributed by atoms with van der Waals surface area (Å²) in [7, 11) is -7.93. The molecule has 140 valence electrons. The Hall–Kier alpha value is -1.29. The van der Waals surface area contributed by atoms with Crippen molar-refractivity contribution in [2.24, 2.45) is 4.99 Å². The highest BCUT2D eigenvalue weighted by molar-refractivity contribution is 7.86. The second-order valence-corrected chi connectivity index (χ2v) is 9.56. The third-order valence-electron chi connectivity index (χ3n) is 4.44. The third kappa shape index (κ3) is 6.18. The fourth-order valence-electron chi connectivity index (χ4n) is 3.24. The highest BCUT2D eigenvalue weighted by Gasteiger charge is 2.35. The number of para-hydroxylation sites is 1. The van der Waals surface area contributed by atoms with E-state index in [9.17, 15) is 16.8 Å². The van der Waals surface area contributed by atoms with E-state index >= 15 is 0 Å². The van der Waals surface area contributed by atoms with Crippen LogP contribution in [0.5, 0.6) is 0 Å². The molecular weight excluding hydrogens is 366 g/mol. The molecule has 0 radical (unpaired) electrons. The summed E-state index contributed by atoms with van der Waals surface area (Å²) in [6.07, 6.45) is 5.07. The third-order valence-corrected chi connectivity index (χ3v) is 6.05. The van der Waals surface area contributed by atoms with E-state index < -0.39 is 20.2 Å². The van der Waals surface area contributed by atoms with Gasteiger partial charge in [-0.25, -0.2) is 0 Å². The van der Waals surface area contributed by atoms with Crippen molar-refractivity contribution in [1.29, 1.82) is 0 Å². The Morgan fingerprint density at radius 2 is 1.36 bits per heavy atom. The minimum atomic E-state index is -3.97. The average molecular weight is 389 g/mol. The van der Waals surface area contributed by atoms with Crippen molar-refractivity contribution >= 4 is 32.1 Å². The monoisotopic (exact) mass is 389 g/mol. The molecule has 1 aliphatic heterocycles. The molecule has 0 bridgehead atoms. The van der Waals surface area contributed by atoms with E-state index in [1.54, 1.807) is 0 Å². The summed E-state index contributed by atoms with van der Waals surface area (Å²) in [4.78, 5) is 4.45. The summed E-state index contributed by atoms with van der Waals surface area (Å²) in [6.45, 7) is 0. The van der Waals surface area contributed by atoms with Gasteiger partial charge in [0, 0.05) is 11.6 Å². The minimum Gasteiger partial charge on any atom is -0.286 e. The summed E-state index contributed by atoms with van der Waals surface area (Å²) >= 11 is 0. The quantitative estimate of drug-likeness (QED) is 0.469. The van der Waals surface area contributed by atoms with Crippen LogP contribution in [0.15, 0.2) is 29.3 Å². The van der Waals surface area contributed by atoms with Crippen LogP contribution in [-0.2, 0) is 25.7 Å². The maximum absolute atomic E-state index is 10.9. The molecule has 2 N–H and O–H groups in total. The molecule has 0 atom stereocenters.